The summed E-state index contributed by atoms with van der Waals surface area (Å²) < 4.78 is 4.92. The number of phenolic OH excluding ortho intramolecular Hbond substituents is 1. The predicted molar refractivity (Wildman–Crippen MR) is 63.7 cm³/mol. The average molecular weight is 261 g/mol. The first-order valence-electron chi connectivity index (χ1n) is 4.67. The topological polar surface area (TPSA) is 79.8 Å². The van der Waals surface area contributed by atoms with Gasteiger partial charge in [-0.2, -0.15) is 0 Å². The molecule has 0 radical (unpaired) electrons. The van der Waals surface area contributed by atoms with Gasteiger partial charge in [0.1, 0.15) is 5.69 Å². The number of aromatic hydroxyl groups is 1. The van der Waals surface area contributed by atoms with E-state index in [2.05, 4.69) is 10.8 Å². The van der Waals surface area contributed by atoms with Gasteiger partial charge in [-0.25, -0.2) is 0 Å². The molecule has 0 aliphatic heterocycles. The third-order valence-electron chi connectivity index (χ3n) is 2.10. The van der Waals surface area contributed by atoms with Crippen LogP contribution in [0.2, 0.25) is 5.02 Å². The fourth-order valence-corrected chi connectivity index (χ4v) is 1.60. The van der Waals surface area contributed by atoms with E-state index in [9.17, 15) is 9.90 Å². The number of halogens is 1. The highest BCUT2D eigenvalue weighted by molar-refractivity contribution is 6.35. The molecule has 0 bridgehead atoms. The molecular weight excluding hydrogens is 248 g/mol. The second kappa shape index (κ2) is 5.60. The highest BCUT2D eigenvalue weighted by atomic mass is 35.5. The summed E-state index contributed by atoms with van der Waals surface area (Å²) >= 11 is 5.95. The maximum atomic E-state index is 11.6. The van der Waals surface area contributed by atoms with Gasteiger partial charge in [0.2, 0.25) is 0 Å². The van der Waals surface area contributed by atoms with Crippen molar-refractivity contribution in [1.82, 2.24) is 5.32 Å². The number of carbonyl (C=O) groups excluding carboxylic acids is 1. The van der Waals surface area contributed by atoms with Crippen LogP contribution in [0.15, 0.2) is 6.07 Å². The average Bonchev–Trinajstić information content (AvgIpc) is 2.33. The monoisotopic (exact) mass is 260 g/mol. The first kappa shape index (κ1) is 13.4. The molecule has 7 heteroatoms. The molecule has 0 heterocycles. The first-order valence-corrected chi connectivity index (χ1v) is 5.05. The molecule has 0 aromatic heterocycles. The lowest BCUT2D eigenvalue weighted by atomic mass is 10.1. The van der Waals surface area contributed by atoms with Crippen molar-refractivity contribution in [3.05, 3.63) is 16.7 Å². The number of phenols is 1. The van der Waals surface area contributed by atoms with Gasteiger partial charge in [0.05, 0.1) is 24.8 Å². The number of ether oxygens (including phenoxy) is 1. The molecule has 0 fully saturated rings. The van der Waals surface area contributed by atoms with Gasteiger partial charge >= 0.3 is 0 Å². The molecule has 1 aromatic carbocycles. The Kier molecular flexibility index (Phi) is 4.42. The summed E-state index contributed by atoms with van der Waals surface area (Å²) in [6.45, 7) is 0. The maximum Gasteiger partial charge on any atom is 0.254 e. The second-order valence-corrected chi connectivity index (χ2v) is 3.45. The number of hydrogen-bond donors (Lipinski definition) is 3. The van der Waals surface area contributed by atoms with Crippen molar-refractivity contribution in [3.8, 4) is 11.5 Å². The van der Waals surface area contributed by atoms with Crippen LogP contribution in [-0.2, 0) is 4.84 Å². The fraction of sp³-hybridized carbons (Fsp3) is 0.300. The van der Waals surface area contributed by atoms with E-state index < -0.39 is 5.91 Å². The lowest BCUT2D eigenvalue weighted by Crippen LogP contribution is -2.20. The highest BCUT2D eigenvalue weighted by Gasteiger charge is 2.22. The second-order valence-electron chi connectivity index (χ2n) is 3.04. The molecule has 0 unspecified atom stereocenters. The van der Waals surface area contributed by atoms with E-state index in [1.165, 1.54) is 27.3 Å². The number of amides is 1. The number of anilines is 1. The van der Waals surface area contributed by atoms with Crippen molar-refractivity contribution in [2.75, 3.05) is 26.7 Å². The zero-order chi connectivity index (χ0) is 13.0. The Bertz CT molecular complexity index is 437. The summed E-state index contributed by atoms with van der Waals surface area (Å²) in [5.41, 5.74) is 2.53. The fourth-order valence-electron chi connectivity index (χ4n) is 1.32. The first-order chi connectivity index (χ1) is 8.06. The van der Waals surface area contributed by atoms with E-state index >= 15 is 0 Å². The van der Waals surface area contributed by atoms with Crippen molar-refractivity contribution in [3.63, 3.8) is 0 Å². The predicted octanol–water partition coefficient (Wildman–Crippen LogP) is 1.39. The molecule has 1 amide bonds. The van der Waals surface area contributed by atoms with E-state index in [4.69, 9.17) is 21.2 Å². The third-order valence-corrected chi connectivity index (χ3v) is 2.39. The summed E-state index contributed by atoms with van der Waals surface area (Å²) in [6.07, 6.45) is 0. The molecule has 0 saturated heterocycles. The van der Waals surface area contributed by atoms with Crippen molar-refractivity contribution in [1.29, 1.82) is 0 Å². The van der Waals surface area contributed by atoms with Crippen LogP contribution < -0.4 is 15.5 Å². The molecule has 0 aliphatic rings. The normalized spacial score (nSPS) is 9.88. The summed E-state index contributed by atoms with van der Waals surface area (Å²) in [5, 5.41) is 12.4. The number of hydrogen-bond acceptors (Lipinski definition) is 5. The summed E-state index contributed by atoms with van der Waals surface area (Å²) in [4.78, 5) is 16.3. The minimum atomic E-state index is -0.451. The smallest absolute Gasteiger partial charge is 0.254 e. The Morgan fingerprint density at radius 2 is 2.12 bits per heavy atom. The zero-order valence-electron chi connectivity index (χ0n) is 9.63. The van der Waals surface area contributed by atoms with Crippen LogP contribution in [0.3, 0.4) is 0 Å². The van der Waals surface area contributed by atoms with Crippen molar-refractivity contribution in [2.24, 2.45) is 0 Å². The van der Waals surface area contributed by atoms with E-state index in [-0.39, 0.29) is 27.8 Å². The molecule has 6 nitrogen and oxygen atoms in total. The van der Waals surface area contributed by atoms with Gasteiger partial charge in [0, 0.05) is 13.1 Å². The van der Waals surface area contributed by atoms with Crippen LogP contribution >= 0.6 is 11.6 Å². The summed E-state index contributed by atoms with van der Waals surface area (Å²) in [5.74, 6) is -0.563. The van der Waals surface area contributed by atoms with Crippen LogP contribution in [0.4, 0.5) is 5.69 Å². The Morgan fingerprint density at radius 3 is 2.59 bits per heavy atom. The van der Waals surface area contributed by atoms with Gasteiger partial charge in [0.15, 0.2) is 11.5 Å². The SMILES string of the molecule is CNC(=O)c1c(Cl)cc(OC)c(O)c1NOC. The van der Waals surface area contributed by atoms with Crippen LogP contribution in [-0.4, -0.2) is 32.3 Å². The van der Waals surface area contributed by atoms with E-state index in [1.54, 1.807) is 0 Å². The standard InChI is InChI=1S/C10H13ClN2O4/c1-12-10(15)7-5(11)4-6(16-2)9(14)8(7)13-17-3/h4,13-14H,1-3H3,(H,12,15). The molecule has 1 aromatic rings. The molecule has 0 aliphatic carbocycles. The molecule has 3 N–H and O–H groups in total. The Morgan fingerprint density at radius 1 is 1.47 bits per heavy atom. The van der Waals surface area contributed by atoms with Gasteiger partial charge in [-0.05, 0) is 0 Å². The minimum Gasteiger partial charge on any atom is -0.503 e. The van der Waals surface area contributed by atoms with Crippen LogP contribution in [0, 0.1) is 0 Å². The molecule has 17 heavy (non-hydrogen) atoms. The molecule has 94 valence electrons. The number of carbonyl (C=O) groups is 1. The minimum absolute atomic E-state index is 0.0520. The lowest BCUT2D eigenvalue weighted by molar-refractivity contribution is 0.0962. The molecule has 0 atom stereocenters. The van der Waals surface area contributed by atoms with E-state index in [0.717, 1.165) is 0 Å². The van der Waals surface area contributed by atoms with Gasteiger partial charge in [-0.3, -0.25) is 15.1 Å². The number of benzene rings is 1. The van der Waals surface area contributed by atoms with Crippen molar-refractivity contribution in [2.45, 2.75) is 0 Å². The quantitative estimate of drug-likeness (QED) is 0.563. The Balaban J connectivity index is 3.46. The molecule has 0 saturated carbocycles. The van der Waals surface area contributed by atoms with Crippen molar-refractivity contribution < 1.29 is 19.5 Å². The Labute approximate surface area is 103 Å². The number of nitrogens with one attached hydrogen (secondary N) is 2. The van der Waals surface area contributed by atoms with Gasteiger partial charge in [-0.15, -0.1) is 0 Å². The lowest BCUT2D eigenvalue weighted by Gasteiger charge is -2.15. The number of rotatable bonds is 4. The Hall–Kier alpha value is -1.66. The van der Waals surface area contributed by atoms with Crippen LogP contribution in [0.25, 0.3) is 0 Å². The van der Waals surface area contributed by atoms with Crippen LogP contribution in [0.5, 0.6) is 11.5 Å². The summed E-state index contributed by atoms with van der Waals surface area (Å²) in [7, 11) is 4.18. The van der Waals surface area contributed by atoms with E-state index in [1.807, 2.05) is 0 Å². The maximum absolute atomic E-state index is 11.6. The molecule has 1 rings (SSSR count). The zero-order valence-corrected chi connectivity index (χ0v) is 10.4. The van der Waals surface area contributed by atoms with Crippen LogP contribution in [0.1, 0.15) is 10.4 Å². The van der Waals surface area contributed by atoms with Gasteiger partial charge in [0.25, 0.3) is 5.91 Å². The molecule has 0 spiro atoms. The van der Waals surface area contributed by atoms with E-state index in [0.29, 0.717) is 0 Å². The third kappa shape index (κ3) is 2.54. The molecular formula is C10H13ClN2O4. The largest absolute Gasteiger partial charge is 0.503 e. The summed E-state index contributed by atoms with van der Waals surface area (Å²) in [6, 6.07) is 1.35. The van der Waals surface area contributed by atoms with Gasteiger partial charge in [-0.1, -0.05) is 11.6 Å². The highest BCUT2D eigenvalue weighted by Crippen LogP contribution is 2.41. The number of methoxy groups -OCH3 is 1. The van der Waals surface area contributed by atoms with Gasteiger partial charge < -0.3 is 15.2 Å². The van der Waals surface area contributed by atoms with Crippen molar-refractivity contribution >= 4 is 23.2 Å².